The molecule has 0 saturated carbocycles. The third-order valence-corrected chi connectivity index (χ3v) is 8.69. The molecule has 3 rings (SSSR count). The molecule has 0 aliphatic carbocycles. The maximum Gasteiger partial charge on any atom is 2.00 e. The Kier molecular flexibility index (Phi) is 25.9. The van der Waals surface area contributed by atoms with E-state index in [9.17, 15) is 0 Å². The van der Waals surface area contributed by atoms with Gasteiger partial charge in [-0.05, 0) is 123 Å². The first-order chi connectivity index (χ1) is 22.8. The Hall–Kier alpha value is -2.51. The number of benzene rings is 3. The monoisotopic (exact) mass is 694 g/mol. The Morgan fingerprint density at radius 3 is 1.77 bits per heavy atom. The smallest absolute Gasteiger partial charge is 0.346 e. The molecule has 0 heterocycles. The maximum absolute atomic E-state index is 5.21. The molecule has 0 bridgehead atoms. The van der Waals surface area contributed by atoms with Crippen molar-refractivity contribution in [3.63, 3.8) is 0 Å². The molecule has 3 aromatic rings. The summed E-state index contributed by atoms with van der Waals surface area (Å²) in [5.41, 5.74) is 13.9. The molecule has 0 aliphatic heterocycles. The van der Waals surface area contributed by atoms with Gasteiger partial charge in [0.05, 0.1) is 22.8 Å². The van der Waals surface area contributed by atoms with Crippen LogP contribution in [0.25, 0.3) is 11.1 Å². The van der Waals surface area contributed by atoms with E-state index in [1.165, 1.54) is 96.7 Å². The third kappa shape index (κ3) is 15.8. The fourth-order valence-corrected chi connectivity index (χ4v) is 6.01. The Labute approximate surface area is 307 Å². The van der Waals surface area contributed by atoms with Gasteiger partial charge in [-0.15, -0.1) is 0 Å². The van der Waals surface area contributed by atoms with Gasteiger partial charge in [0.25, 0.3) is 0 Å². The van der Waals surface area contributed by atoms with Crippen molar-refractivity contribution in [1.82, 2.24) is 0 Å². The summed E-state index contributed by atoms with van der Waals surface area (Å²) in [6.45, 7) is 26.3. The molecular weight excluding hydrogens is 627 g/mol. The minimum atomic E-state index is 0. The third-order valence-electron chi connectivity index (χ3n) is 8.69. The van der Waals surface area contributed by atoms with Crippen LogP contribution in [0.15, 0.2) is 64.6 Å². The van der Waals surface area contributed by atoms with Gasteiger partial charge in [-0.3, -0.25) is 9.98 Å². The first kappa shape index (κ1) is 45.5. The van der Waals surface area contributed by atoms with Gasteiger partial charge in [0.15, 0.2) is 0 Å². The standard InChI is InChI=1S/C39H54N2.C4H9.C2H5.Ni/c1-8-12-14-15-16-20-24-37-30(6)26-35(28-38(37)32-22-18-17-19-23-32)41-39(11-4)31(7)40-34-25-29(5)36(10-3)33(27-34)21-13-9-2;1-3-4-2;1-2;/h17-19,22-23,25-28H,8-16,20-21,24H2,1-7H3;1,3-4H2,2H3;1H2,2H3;/q;2*-1;+2. The molecule has 0 radical (unpaired) electrons. The van der Waals surface area contributed by atoms with Crippen molar-refractivity contribution in [2.24, 2.45) is 9.98 Å². The zero-order chi connectivity index (χ0) is 35.0. The molecule has 3 aromatic carbocycles. The Morgan fingerprint density at radius 2 is 1.21 bits per heavy atom. The molecule has 0 fully saturated rings. The first-order valence-corrected chi connectivity index (χ1v) is 18.8. The van der Waals surface area contributed by atoms with Crippen molar-refractivity contribution in [2.75, 3.05) is 0 Å². The average Bonchev–Trinajstić information content (AvgIpc) is 3.09. The van der Waals surface area contributed by atoms with Crippen molar-refractivity contribution in [3.05, 3.63) is 96.3 Å². The molecule has 48 heavy (non-hydrogen) atoms. The Morgan fingerprint density at radius 1 is 0.646 bits per heavy atom. The van der Waals surface area contributed by atoms with E-state index in [0.717, 1.165) is 54.9 Å². The molecule has 0 saturated heterocycles. The number of rotatable bonds is 17. The molecule has 0 unspecified atom stereocenters. The minimum absolute atomic E-state index is 0. The molecule has 0 N–H and O–H groups in total. The van der Waals surface area contributed by atoms with Crippen LogP contribution in [0.5, 0.6) is 0 Å². The van der Waals surface area contributed by atoms with Crippen LogP contribution in [0.1, 0.15) is 147 Å². The summed E-state index contributed by atoms with van der Waals surface area (Å²) < 4.78 is 0. The number of hydrogen-bond donors (Lipinski definition) is 0. The van der Waals surface area contributed by atoms with E-state index >= 15 is 0 Å². The van der Waals surface area contributed by atoms with Crippen LogP contribution in [-0.4, -0.2) is 11.4 Å². The van der Waals surface area contributed by atoms with E-state index in [1.54, 1.807) is 6.92 Å². The molecule has 3 heteroatoms. The van der Waals surface area contributed by atoms with E-state index < -0.39 is 0 Å². The van der Waals surface area contributed by atoms with Crippen molar-refractivity contribution in [2.45, 2.75) is 152 Å². The summed E-state index contributed by atoms with van der Waals surface area (Å²) in [6.07, 6.45) is 16.8. The van der Waals surface area contributed by atoms with Gasteiger partial charge >= 0.3 is 16.5 Å². The second kappa shape index (κ2) is 27.3. The topological polar surface area (TPSA) is 24.7 Å². The van der Waals surface area contributed by atoms with Gasteiger partial charge in [-0.25, -0.2) is 0 Å². The van der Waals surface area contributed by atoms with Gasteiger partial charge in [-0.1, -0.05) is 110 Å². The minimum Gasteiger partial charge on any atom is -0.346 e. The molecule has 0 atom stereocenters. The predicted octanol–water partition coefficient (Wildman–Crippen LogP) is 14.5. The van der Waals surface area contributed by atoms with E-state index in [2.05, 4.69) is 124 Å². The largest absolute Gasteiger partial charge is 2.00 e. The molecular formula is C45H68N2Ni. The van der Waals surface area contributed by atoms with Crippen LogP contribution in [0.3, 0.4) is 0 Å². The quantitative estimate of drug-likeness (QED) is 0.0581. The fraction of sp³-hybridized carbons (Fsp3) is 0.511. The Bertz CT molecular complexity index is 1330. The van der Waals surface area contributed by atoms with Crippen molar-refractivity contribution in [1.29, 1.82) is 0 Å². The normalized spacial score (nSPS) is 11.2. The van der Waals surface area contributed by atoms with Crippen molar-refractivity contribution < 1.29 is 16.5 Å². The summed E-state index contributed by atoms with van der Waals surface area (Å²) in [4.78, 5) is 10.3. The number of hydrogen-bond acceptors (Lipinski definition) is 2. The molecule has 0 amide bonds. The summed E-state index contributed by atoms with van der Waals surface area (Å²) in [5.74, 6) is 0. The fourth-order valence-electron chi connectivity index (χ4n) is 6.01. The van der Waals surface area contributed by atoms with E-state index in [4.69, 9.17) is 9.98 Å². The zero-order valence-electron chi connectivity index (χ0n) is 32.2. The molecule has 0 aromatic heterocycles. The molecule has 2 nitrogen and oxygen atoms in total. The van der Waals surface area contributed by atoms with Gasteiger partial charge in [0.2, 0.25) is 0 Å². The van der Waals surface area contributed by atoms with E-state index in [0.29, 0.717) is 0 Å². The van der Waals surface area contributed by atoms with Gasteiger partial charge in [-0.2, -0.15) is 13.3 Å². The Balaban J connectivity index is 0.00000293. The SMILES string of the molecule is CCCCCCCCc1c(C)cc(N=C(CC)C(C)=Nc2cc(C)c(CC)c(CCCC)c2)cc1-c1ccccc1.[CH2-]C.[CH2-]CCC.[Ni+2]. The summed E-state index contributed by atoms with van der Waals surface area (Å²) in [7, 11) is 0. The number of unbranched alkanes of at least 4 members (excludes halogenated alkanes) is 7. The predicted molar refractivity (Wildman–Crippen MR) is 214 cm³/mol. The summed E-state index contributed by atoms with van der Waals surface area (Å²) in [5, 5.41) is 0. The number of aryl methyl sites for hydroxylation is 3. The zero-order valence-corrected chi connectivity index (χ0v) is 33.2. The number of aliphatic imine (C=N–C) groups is 2. The van der Waals surface area contributed by atoms with Gasteiger partial charge < -0.3 is 13.8 Å². The van der Waals surface area contributed by atoms with Gasteiger partial charge in [0.1, 0.15) is 0 Å². The van der Waals surface area contributed by atoms with Crippen LogP contribution in [0.4, 0.5) is 11.4 Å². The van der Waals surface area contributed by atoms with Gasteiger partial charge in [0, 0.05) is 0 Å². The average molecular weight is 696 g/mol. The van der Waals surface area contributed by atoms with Crippen molar-refractivity contribution >= 4 is 22.8 Å². The first-order valence-electron chi connectivity index (χ1n) is 18.8. The van der Waals surface area contributed by atoms with Crippen LogP contribution in [-0.2, 0) is 35.8 Å². The van der Waals surface area contributed by atoms with Crippen molar-refractivity contribution in [3.8, 4) is 11.1 Å². The van der Waals surface area contributed by atoms with E-state index in [-0.39, 0.29) is 16.5 Å². The molecule has 268 valence electrons. The second-order valence-corrected chi connectivity index (χ2v) is 12.5. The maximum atomic E-state index is 5.21. The second-order valence-electron chi connectivity index (χ2n) is 12.5. The summed E-state index contributed by atoms with van der Waals surface area (Å²) >= 11 is 0. The van der Waals surface area contributed by atoms with Crippen LogP contribution < -0.4 is 0 Å². The van der Waals surface area contributed by atoms with Crippen LogP contribution in [0.2, 0.25) is 0 Å². The van der Waals surface area contributed by atoms with Crippen LogP contribution in [0, 0.1) is 27.7 Å². The summed E-state index contributed by atoms with van der Waals surface area (Å²) in [6, 6.07) is 20.0. The van der Waals surface area contributed by atoms with E-state index in [1.807, 2.05) is 0 Å². The number of nitrogens with zero attached hydrogens (tertiary/aromatic N) is 2. The molecule has 0 aliphatic rings. The molecule has 0 spiro atoms. The van der Waals surface area contributed by atoms with Crippen LogP contribution >= 0.6 is 0 Å².